The summed E-state index contributed by atoms with van der Waals surface area (Å²) in [4.78, 5) is 0. The standard InChI is InChI=1S/C27H38F3O3/c1-3-5-14-23(28)25(32)19-17-22(24(31)18-16-21-11-8-7-9-12-21)13-10-15-26(33)27(29,30)20-6-4-2/h7-12,15,17,19,23-26,31-33H,3-6,14,16,18,20H2,1-2H3/b15-10-,19-17-,22-13?. The van der Waals surface area contributed by atoms with E-state index in [1.165, 1.54) is 12.2 Å². The Hall–Kier alpha value is -1.89. The fraction of sp³-hybridized carbons (Fsp3) is 0.556. The van der Waals surface area contributed by atoms with Crippen LogP contribution in [-0.2, 0) is 6.42 Å². The molecule has 1 rings (SSSR count). The van der Waals surface area contributed by atoms with E-state index in [0.717, 1.165) is 24.1 Å². The van der Waals surface area contributed by atoms with Crippen LogP contribution < -0.4 is 0 Å². The van der Waals surface area contributed by atoms with Crippen molar-refractivity contribution < 1.29 is 28.5 Å². The zero-order valence-electron chi connectivity index (χ0n) is 19.6. The van der Waals surface area contributed by atoms with Gasteiger partial charge in [0, 0.05) is 6.42 Å². The highest BCUT2D eigenvalue weighted by atomic mass is 19.3. The number of halogens is 3. The Morgan fingerprint density at radius 2 is 1.67 bits per heavy atom. The molecule has 4 unspecified atom stereocenters. The van der Waals surface area contributed by atoms with Gasteiger partial charge in [-0.05, 0) is 49.0 Å². The predicted octanol–water partition coefficient (Wildman–Crippen LogP) is 5.90. The second kappa shape index (κ2) is 15.9. The monoisotopic (exact) mass is 467 g/mol. The Bertz CT molecular complexity index is 731. The first-order valence-corrected chi connectivity index (χ1v) is 11.8. The summed E-state index contributed by atoms with van der Waals surface area (Å²) in [5.74, 6) is -3.26. The van der Waals surface area contributed by atoms with Crippen molar-refractivity contribution in [2.24, 2.45) is 0 Å². The summed E-state index contributed by atoms with van der Waals surface area (Å²) in [5.41, 5.74) is 1.23. The molecule has 0 saturated carbocycles. The molecular weight excluding hydrogens is 429 g/mol. The Morgan fingerprint density at radius 1 is 1.00 bits per heavy atom. The molecule has 1 aromatic carbocycles. The molecule has 0 aliphatic carbocycles. The highest BCUT2D eigenvalue weighted by molar-refractivity contribution is 5.26. The number of aliphatic hydroxyl groups is 3. The van der Waals surface area contributed by atoms with Crippen molar-refractivity contribution in [2.45, 2.75) is 95.6 Å². The van der Waals surface area contributed by atoms with E-state index in [0.29, 0.717) is 32.1 Å². The average Bonchev–Trinajstić information content (AvgIpc) is 2.81. The van der Waals surface area contributed by atoms with Crippen molar-refractivity contribution in [1.29, 1.82) is 0 Å². The van der Waals surface area contributed by atoms with Crippen LogP contribution >= 0.6 is 0 Å². The minimum atomic E-state index is -3.26. The highest BCUT2D eigenvalue weighted by Crippen LogP contribution is 2.26. The quantitative estimate of drug-likeness (QED) is 0.265. The van der Waals surface area contributed by atoms with E-state index in [9.17, 15) is 28.5 Å². The molecule has 0 aromatic heterocycles. The fourth-order valence-corrected chi connectivity index (χ4v) is 3.19. The van der Waals surface area contributed by atoms with Gasteiger partial charge in [0.2, 0.25) is 0 Å². The van der Waals surface area contributed by atoms with Crippen molar-refractivity contribution in [3.8, 4) is 0 Å². The molecule has 0 saturated heterocycles. The topological polar surface area (TPSA) is 60.7 Å². The van der Waals surface area contributed by atoms with E-state index in [4.69, 9.17) is 0 Å². The Balaban J connectivity index is 2.93. The van der Waals surface area contributed by atoms with Gasteiger partial charge in [-0.2, -0.15) is 0 Å². The second-order valence-corrected chi connectivity index (χ2v) is 8.32. The zero-order chi connectivity index (χ0) is 24.7. The van der Waals surface area contributed by atoms with Crippen LogP contribution in [0.1, 0.15) is 64.4 Å². The number of allylic oxidation sites excluding steroid dienone is 2. The second-order valence-electron chi connectivity index (χ2n) is 8.32. The Morgan fingerprint density at radius 3 is 2.30 bits per heavy atom. The summed E-state index contributed by atoms with van der Waals surface area (Å²) in [6, 6.07) is 9.52. The minimum absolute atomic E-state index is 0.216. The van der Waals surface area contributed by atoms with Crippen LogP contribution in [0.3, 0.4) is 0 Å². The maximum Gasteiger partial charge on any atom is 0.277 e. The van der Waals surface area contributed by atoms with Crippen molar-refractivity contribution in [2.75, 3.05) is 0 Å². The number of alkyl halides is 3. The van der Waals surface area contributed by atoms with Gasteiger partial charge < -0.3 is 15.3 Å². The Kier molecular flexibility index (Phi) is 14.0. The number of unbranched alkanes of at least 4 members (excludes halogenated alkanes) is 2. The summed E-state index contributed by atoms with van der Waals surface area (Å²) >= 11 is 0. The van der Waals surface area contributed by atoms with Gasteiger partial charge >= 0.3 is 0 Å². The van der Waals surface area contributed by atoms with E-state index < -0.39 is 36.8 Å². The molecule has 6 heteroatoms. The maximum absolute atomic E-state index is 14.1. The molecule has 3 nitrogen and oxygen atoms in total. The van der Waals surface area contributed by atoms with E-state index in [1.807, 2.05) is 37.3 Å². The third-order valence-electron chi connectivity index (χ3n) is 5.41. The van der Waals surface area contributed by atoms with Gasteiger partial charge in [-0.25, -0.2) is 13.2 Å². The minimum Gasteiger partial charge on any atom is -0.388 e. The maximum atomic E-state index is 14.1. The molecule has 4 atom stereocenters. The van der Waals surface area contributed by atoms with Crippen LogP contribution in [-0.4, -0.2) is 45.7 Å². The number of hydrogen-bond acceptors (Lipinski definition) is 3. The van der Waals surface area contributed by atoms with Crippen molar-refractivity contribution in [1.82, 2.24) is 0 Å². The molecule has 0 aliphatic rings. The normalized spacial score (nSPS) is 16.9. The molecule has 185 valence electrons. The lowest BCUT2D eigenvalue weighted by Crippen LogP contribution is -2.31. The molecule has 0 bridgehead atoms. The lowest BCUT2D eigenvalue weighted by atomic mass is 9.99. The smallest absolute Gasteiger partial charge is 0.277 e. The van der Waals surface area contributed by atoms with E-state index >= 15 is 0 Å². The van der Waals surface area contributed by atoms with Gasteiger partial charge in [0.25, 0.3) is 5.92 Å². The summed E-state index contributed by atoms with van der Waals surface area (Å²) in [6.45, 7) is 3.73. The summed E-state index contributed by atoms with van der Waals surface area (Å²) < 4.78 is 42.0. The first kappa shape index (κ1) is 29.1. The fourth-order valence-electron chi connectivity index (χ4n) is 3.19. The number of hydrogen-bond donors (Lipinski definition) is 3. The first-order valence-electron chi connectivity index (χ1n) is 11.8. The zero-order valence-corrected chi connectivity index (χ0v) is 19.6. The van der Waals surface area contributed by atoms with Crippen molar-refractivity contribution >= 4 is 0 Å². The van der Waals surface area contributed by atoms with Crippen LogP contribution in [0.5, 0.6) is 0 Å². The summed E-state index contributed by atoms with van der Waals surface area (Å²) in [7, 11) is 0. The highest BCUT2D eigenvalue weighted by Gasteiger charge is 2.35. The van der Waals surface area contributed by atoms with Gasteiger partial charge in [-0.1, -0.05) is 81.7 Å². The van der Waals surface area contributed by atoms with Crippen molar-refractivity contribution in [3.63, 3.8) is 0 Å². The van der Waals surface area contributed by atoms with E-state index in [2.05, 4.69) is 6.08 Å². The number of aryl methyl sites for hydroxylation is 1. The van der Waals surface area contributed by atoms with Gasteiger partial charge in [0.05, 0.1) is 6.10 Å². The number of aliphatic hydroxyl groups excluding tert-OH is 3. The van der Waals surface area contributed by atoms with Gasteiger partial charge in [0.1, 0.15) is 18.4 Å². The molecule has 0 spiro atoms. The van der Waals surface area contributed by atoms with Crippen LogP contribution in [0.15, 0.2) is 60.2 Å². The van der Waals surface area contributed by atoms with Crippen LogP contribution in [0.4, 0.5) is 13.2 Å². The van der Waals surface area contributed by atoms with Crippen LogP contribution in [0.25, 0.3) is 0 Å². The number of benzene rings is 1. The third-order valence-corrected chi connectivity index (χ3v) is 5.41. The van der Waals surface area contributed by atoms with Crippen LogP contribution in [0.2, 0.25) is 0 Å². The summed E-state index contributed by atoms with van der Waals surface area (Å²) in [6.07, 6.45) is 4.68. The lowest BCUT2D eigenvalue weighted by molar-refractivity contribution is -0.0929. The van der Waals surface area contributed by atoms with Crippen molar-refractivity contribution in [3.05, 3.63) is 71.8 Å². The predicted molar refractivity (Wildman–Crippen MR) is 127 cm³/mol. The number of rotatable bonds is 16. The molecule has 1 aromatic rings. The molecule has 0 heterocycles. The van der Waals surface area contributed by atoms with Crippen LogP contribution in [0, 0.1) is 6.08 Å². The molecule has 0 aliphatic heterocycles. The Labute approximate surface area is 196 Å². The molecule has 3 N–H and O–H groups in total. The lowest BCUT2D eigenvalue weighted by Gasteiger charge is -2.19. The van der Waals surface area contributed by atoms with E-state index in [1.54, 1.807) is 6.92 Å². The average molecular weight is 468 g/mol. The molecular formula is C27H38F3O3. The van der Waals surface area contributed by atoms with E-state index in [-0.39, 0.29) is 12.0 Å². The molecule has 1 radical (unpaired) electrons. The molecule has 0 amide bonds. The molecule has 0 fully saturated rings. The van der Waals surface area contributed by atoms with Gasteiger partial charge in [0.15, 0.2) is 0 Å². The SMILES string of the molecule is CCCCC(F)C(O)\C=C/C(=[C]/C=C\C(O)C(F)(F)CCCC)C(O)CCc1ccccc1. The first-order chi connectivity index (χ1) is 15.7. The largest absolute Gasteiger partial charge is 0.388 e. The van der Waals surface area contributed by atoms with Gasteiger partial charge in [-0.3, -0.25) is 0 Å². The summed E-state index contributed by atoms with van der Waals surface area (Å²) in [5, 5.41) is 30.5. The van der Waals surface area contributed by atoms with Gasteiger partial charge in [-0.15, -0.1) is 0 Å². The third kappa shape index (κ3) is 11.7. The molecule has 33 heavy (non-hydrogen) atoms.